The molecule has 0 aliphatic carbocycles. The van der Waals surface area contributed by atoms with Gasteiger partial charge in [-0.1, -0.05) is 30.3 Å². The van der Waals surface area contributed by atoms with E-state index in [9.17, 15) is 9.18 Å². The predicted molar refractivity (Wildman–Crippen MR) is 109 cm³/mol. The van der Waals surface area contributed by atoms with Crippen molar-refractivity contribution < 1.29 is 13.9 Å². The molecule has 0 spiro atoms. The van der Waals surface area contributed by atoms with Crippen LogP contribution in [0.3, 0.4) is 0 Å². The summed E-state index contributed by atoms with van der Waals surface area (Å²) in [4.78, 5) is 20.1. The van der Waals surface area contributed by atoms with Crippen LogP contribution in [-0.2, 0) is 6.61 Å². The van der Waals surface area contributed by atoms with Gasteiger partial charge in [0.1, 0.15) is 12.4 Å². The summed E-state index contributed by atoms with van der Waals surface area (Å²) in [6, 6.07) is 15.0. The number of H-pyrrole nitrogens is 1. The van der Waals surface area contributed by atoms with E-state index in [1.807, 2.05) is 30.3 Å². The van der Waals surface area contributed by atoms with Gasteiger partial charge in [0.15, 0.2) is 5.82 Å². The highest BCUT2D eigenvalue weighted by Crippen LogP contribution is 2.20. The van der Waals surface area contributed by atoms with Gasteiger partial charge in [0, 0.05) is 29.7 Å². The fourth-order valence-corrected chi connectivity index (χ4v) is 2.70. The SMILES string of the molecule is O=C(Nc1ccc(F)c(COc2cnccn2)c1)Nc1cc(-c2ccccc2)[nH]n1. The molecule has 0 bridgehead atoms. The molecule has 2 aromatic heterocycles. The predicted octanol–water partition coefficient (Wildman–Crippen LogP) is 4.23. The van der Waals surface area contributed by atoms with E-state index in [0.717, 1.165) is 11.3 Å². The Balaban J connectivity index is 1.38. The highest BCUT2D eigenvalue weighted by molar-refractivity contribution is 5.99. The number of urea groups is 1. The van der Waals surface area contributed by atoms with Crippen LogP contribution in [0.25, 0.3) is 11.3 Å². The molecule has 4 rings (SSSR count). The first-order valence-corrected chi connectivity index (χ1v) is 9.03. The first kappa shape index (κ1) is 19.1. The maximum absolute atomic E-state index is 14.1. The maximum atomic E-state index is 14.1. The monoisotopic (exact) mass is 404 g/mol. The van der Waals surface area contributed by atoms with Gasteiger partial charge in [-0.05, 0) is 23.8 Å². The second kappa shape index (κ2) is 8.82. The van der Waals surface area contributed by atoms with Crippen molar-refractivity contribution in [1.82, 2.24) is 20.2 Å². The fraction of sp³-hybridized carbons (Fsp3) is 0.0476. The van der Waals surface area contributed by atoms with Crippen LogP contribution in [0.2, 0.25) is 0 Å². The topological polar surface area (TPSA) is 105 Å². The van der Waals surface area contributed by atoms with Crippen molar-refractivity contribution in [3.8, 4) is 17.1 Å². The molecule has 0 radical (unpaired) electrons. The van der Waals surface area contributed by atoms with Crippen LogP contribution >= 0.6 is 0 Å². The summed E-state index contributed by atoms with van der Waals surface area (Å²) in [5.74, 6) is 0.185. The first-order chi connectivity index (χ1) is 14.7. The second-order valence-electron chi connectivity index (χ2n) is 6.25. The maximum Gasteiger partial charge on any atom is 0.324 e. The summed E-state index contributed by atoms with van der Waals surface area (Å²) in [6.07, 6.45) is 4.42. The number of hydrogen-bond donors (Lipinski definition) is 3. The third-order valence-electron chi connectivity index (χ3n) is 4.12. The van der Waals surface area contributed by atoms with Crippen LogP contribution in [0.1, 0.15) is 5.56 Å². The van der Waals surface area contributed by atoms with Crippen LogP contribution in [0.15, 0.2) is 73.2 Å². The van der Waals surface area contributed by atoms with Gasteiger partial charge >= 0.3 is 6.03 Å². The number of ether oxygens (including phenoxy) is 1. The lowest BCUT2D eigenvalue weighted by Gasteiger charge is -2.09. The average Bonchev–Trinajstić information content (AvgIpc) is 3.24. The van der Waals surface area contributed by atoms with Crippen molar-refractivity contribution in [2.75, 3.05) is 10.6 Å². The molecule has 2 amide bonds. The Hall–Kier alpha value is -4.27. The van der Waals surface area contributed by atoms with E-state index in [1.165, 1.54) is 36.8 Å². The van der Waals surface area contributed by atoms with Gasteiger partial charge < -0.3 is 10.1 Å². The number of hydrogen-bond acceptors (Lipinski definition) is 5. The Bertz CT molecular complexity index is 1130. The minimum absolute atomic E-state index is 0.0541. The van der Waals surface area contributed by atoms with E-state index in [2.05, 4.69) is 30.8 Å². The number of amides is 2. The normalized spacial score (nSPS) is 10.4. The Labute approximate surface area is 171 Å². The second-order valence-corrected chi connectivity index (χ2v) is 6.25. The summed E-state index contributed by atoms with van der Waals surface area (Å²) in [6.45, 7) is -0.0541. The number of carbonyl (C=O) groups is 1. The number of nitrogens with zero attached hydrogens (tertiary/aromatic N) is 3. The zero-order valence-electron chi connectivity index (χ0n) is 15.7. The molecular weight excluding hydrogens is 387 g/mol. The molecule has 0 saturated heterocycles. The summed E-state index contributed by atoms with van der Waals surface area (Å²) in [7, 11) is 0. The minimum atomic E-state index is -0.506. The smallest absolute Gasteiger partial charge is 0.324 e. The van der Waals surface area contributed by atoms with E-state index < -0.39 is 11.8 Å². The molecule has 0 aliphatic heterocycles. The number of aromatic amines is 1. The van der Waals surface area contributed by atoms with Crippen LogP contribution < -0.4 is 15.4 Å². The number of nitrogens with one attached hydrogen (secondary N) is 3. The van der Waals surface area contributed by atoms with Gasteiger partial charge in [0.2, 0.25) is 5.88 Å². The highest BCUT2D eigenvalue weighted by atomic mass is 19.1. The van der Waals surface area contributed by atoms with Crippen molar-refractivity contribution in [2.45, 2.75) is 6.61 Å². The van der Waals surface area contributed by atoms with Crippen molar-refractivity contribution >= 4 is 17.5 Å². The van der Waals surface area contributed by atoms with Crippen molar-refractivity contribution in [2.24, 2.45) is 0 Å². The molecule has 9 heteroatoms. The summed E-state index contributed by atoms with van der Waals surface area (Å²) >= 11 is 0. The number of halogens is 1. The molecule has 0 unspecified atom stereocenters. The van der Waals surface area contributed by atoms with Crippen molar-refractivity contribution in [3.63, 3.8) is 0 Å². The molecule has 2 aromatic carbocycles. The lowest BCUT2D eigenvalue weighted by Crippen LogP contribution is -2.19. The first-order valence-electron chi connectivity index (χ1n) is 9.03. The Kier molecular flexibility index (Phi) is 5.61. The number of anilines is 2. The largest absolute Gasteiger partial charge is 0.472 e. The van der Waals surface area contributed by atoms with Gasteiger partial charge in [-0.3, -0.25) is 15.4 Å². The van der Waals surface area contributed by atoms with Gasteiger partial charge in [0.05, 0.1) is 11.9 Å². The summed E-state index contributed by atoms with van der Waals surface area (Å²) in [5, 5.41) is 12.2. The van der Waals surface area contributed by atoms with E-state index in [1.54, 1.807) is 6.07 Å². The molecule has 3 N–H and O–H groups in total. The van der Waals surface area contributed by atoms with Crippen LogP contribution in [0, 0.1) is 5.82 Å². The van der Waals surface area contributed by atoms with Crippen LogP contribution in [0.5, 0.6) is 5.88 Å². The number of aromatic nitrogens is 4. The van der Waals surface area contributed by atoms with Gasteiger partial charge in [0.25, 0.3) is 0 Å². The Morgan fingerprint density at radius 3 is 2.73 bits per heavy atom. The highest BCUT2D eigenvalue weighted by Gasteiger charge is 2.10. The van der Waals surface area contributed by atoms with Crippen LogP contribution in [-0.4, -0.2) is 26.2 Å². The molecule has 0 aliphatic rings. The molecule has 8 nitrogen and oxygen atoms in total. The molecule has 0 saturated carbocycles. The van der Waals surface area contributed by atoms with Crippen molar-refractivity contribution in [1.29, 1.82) is 0 Å². The summed E-state index contributed by atoms with van der Waals surface area (Å²) < 4.78 is 19.5. The average molecular weight is 404 g/mol. The van der Waals surface area contributed by atoms with Gasteiger partial charge in [-0.2, -0.15) is 5.10 Å². The van der Waals surface area contributed by atoms with E-state index >= 15 is 0 Å². The molecule has 2 heterocycles. The zero-order chi connectivity index (χ0) is 20.8. The third-order valence-corrected chi connectivity index (χ3v) is 4.12. The van der Waals surface area contributed by atoms with E-state index in [4.69, 9.17) is 4.74 Å². The van der Waals surface area contributed by atoms with E-state index in [-0.39, 0.29) is 18.1 Å². The minimum Gasteiger partial charge on any atom is -0.472 e. The standard InChI is InChI=1S/C21H17FN6O2/c22-17-7-6-16(10-15(17)13-30-20-12-23-8-9-24-20)25-21(29)26-19-11-18(27-28-19)14-4-2-1-3-5-14/h1-12H,13H2,(H3,25,26,27,28,29). The van der Waals surface area contributed by atoms with Gasteiger partial charge in [-0.25, -0.2) is 14.2 Å². The fourth-order valence-electron chi connectivity index (χ4n) is 2.70. The quantitative estimate of drug-likeness (QED) is 0.446. The van der Waals surface area contributed by atoms with Crippen LogP contribution in [0.4, 0.5) is 20.7 Å². The van der Waals surface area contributed by atoms with Gasteiger partial charge in [-0.15, -0.1) is 0 Å². The molecular formula is C21H17FN6O2. The molecule has 30 heavy (non-hydrogen) atoms. The molecule has 4 aromatic rings. The number of benzene rings is 2. The Morgan fingerprint density at radius 2 is 1.93 bits per heavy atom. The lowest BCUT2D eigenvalue weighted by molar-refractivity contribution is 0.262. The Morgan fingerprint density at radius 1 is 1.07 bits per heavy atom. The molecule has 150 valence electrons. The van der Waals surface area contributed by atoms with Crippen molar-refractivity contribution in [3.05, 3.63) is 84.6 Å². The third kappa shape index (κ3) is 4.76. The molecule has 0 fully saturated rings. The molecule has 0 atom stereocenters. The number of rotatable bonds is 6. The summed E-state index contributed by atoms with van der Waals surface area (Å²) in [5.41, 5.74) is 2.40. The lowest BCUT2D eigenvalue weighted by atomic mass is 10.2. The van der Waals surface area contributed by atoms with E-state index in [0.29, 0.717) is 11.5 Å². The zero-order valence-corrected chi connectivity index (χ0v) is 15.7. The number of carbonyl (C=O) groups excluding carboxylic acids is 1.